The van der Waals surface area contributed by atoms with Crippen LogP contribution in [0.5, 0.6) is 0 Å². The van der Waals surface area contributed by atoms with E-state index in [2.05, 4.69) is 38.3 Å². The molecule has 0 spiro atoms. The molecule has 1 atom stereocenters. The van der Waals surface area contributed by atoms with Crippen LogP contribution in [0.1, 0.15) is 24.1 Å². The number of nitrogens with zero attached hydrogens (tertiary/aromatic N) is 1. The summed E-state index contributed by atoms with van der Waals surface area (Å²) in [5.74, 6) is 0. The molecule has 1 aromatic rings. The summed E-state index contributed by atoms with van der Waals surface area (Å²) in [6.07, 6.45) is 4.01. The van der Waals surface area contributed by atoms with Crippen LogP contribution in [-0.4, -0.2) is 44.3 Å². The molecule has 0 aromatic carbocycles. The highest BCUT2D eigenvalue weighted by molar-refractivity contribution is 9.11. The van der Waals surface area contributed by atoms with Crippen molar-refractivity contribution in [3.8, 4) is 0 Å². The van der Waals surface area contributed by atoms with Crippen LogP contribution in [0, 0.1) is 0 Å². The van der Waals surface area contributed by atoms with Gasteiger partial charge in [-0.2, -0.15) is 0 Å². The highest BCUT2D eigenvalue weighted by Crippen LogP contribution is 2.26. The van der Waals surface area contributed by atoms with Gasteiger partial charge in [-0.1, -0.05) is 6.42 Å². The number of rotatable bonds is 7. The fourth-order valence-electron chi connectivity index (χ4n) is 2.58. The van der Waals surface area contributed by atoms with Crippen molar-refractivity contribution in [3.05, 3.63) is 20.8 Å². The van der Waals surface area contributed by atoms with Gasteiger partial charge in [-0.3, -0.25) is 4.90 Å². The minimum Gasteiger partial charge on any atom is -0.383 e. The quantitative estimate of drug-likeness (QED) is 0.767. The summed E-state index contributed by atoms with van der Waals surface area (Å²) in [5.41, 5.74) is 0. The summed E-state index contributed by atoms with van der Waals surface area (Å²) in [5, 5.41) is 3.50. The molecule has 5 heteroatoms. The van der Waals surface area contributed by atoms with E-state index in [0.717, 1.165) is 26.2 Å². The Bertz CT molecular complexity index is 372. The second kappa shape index (κ2) is 8.37. The molecule has 1 saturated heterocycles. The molecule has 1 aliphatic rings. The van der Waals surface area contributed by atoms with Gasteiger partial charge in [-0.05, 0) is 47.4 Å². The Morgan fingerprint density at radius 2 is 2.37 bits per heavy atom. The maximum Gasteiger partial charge on any atom is 0.0701 e. The number of nitrogens with one attached hydrogen (secondary N) is 1. The highest BCUT2D eigenvalue weighted by Gasteiger charge is 2.22. The van der Waals surface area contributed by atoms with E-state index in [1.54, 1.807) is 7.11 Å². The van der Waals surface area contributed by atoms with Gasteiger partial charge in [0.25, 0.3) is 0 Å². The molecule has 0 aliphatic carbocycles. The molecule has 0 radical (unpaired) electrons. The second-order valence-electron chi connectivity index (χ2n) is 5.02. The zero-order valence-electron chi connectivity index (χ0n) is 11.5. The van der Waals surface area contributed by atoms with Crippen LogP contribution in [0.15, 0.2) is 15.9 Å². The third-order valence-electron chi connectivity index (χ3n) is 3.60. The van der Waals surface area contributed by atoms with Gasteiger partial charge in [0.2, 0.25) is 0 Å². The lowest BCUT2D eigenvalue weighted by Crippen LogP contribution is -2.45. The van der Waals surface area contributed by atoms with Crippen molar-refractivity contribution in [2.24, 2.45) is 0 Å². The lowest BCUT2D eigenvalue weighted by molar-refractivity contribution is 0.134. The maximum atomic E-state index is 5.08. The van der Waals surface area contributed by atoms with E-state index in [1.165, 1.54) is 34.5 Å². The molecule has 1 N–H and O–H groups in total. The molecule has 0 amide bonds. The molecule has 2 rings (SSSR count). The van der Waals surface area contributed by atoms with Crippen molar-refractivity contribution in [1.29, 1.82) is 0 Å². The standard InChI is InChI=1S/C14H23BrN2OS/c1-18-9-7-16-10-12-4-2-3-8-17(12)11-13-5-6-14(15)19-13/h5-6,12,16H,2-4,7-11H2,1H3. The number of methoxy groups -OCH3 is 1. The summed E-state index contributed by atoms with van der Waals surface area (Å²) >= 11 is 5.40. The van der Waals surface area contributed by atoms with Crippen LogP contribution in [0.2, 0.25) is 0 Å². The van der Waals surface area contributed by atoms with E-state index in [-0.39, 0.29) is 0 Å². The summed E-state index contributed by atoms with van der Waals surface area (Å²) in [6.45, 7) is 5.14. The molecule has 3 nitrogen and oxygen atoms in total. The predicted octanol–water partition coefficient (Wildman–Crippen LogP) is 3.10. The van der Waals surface area contributed by atoms with Crippen molar-refractivity contribution in [3.63, 3.8) is 0 Å². The second-order valence-corrected chi connectivity index (χ2v) is 7.57. The Balaban J connectivity index is 1.81. The molecular formula is C14H23BrN2OS. The maximum absolute atomic E-state index is 5.08. The number of likely N-dealkylation sites (tertiary alicyclic amines) is 1. The highest BCUT2D eigenvalue weighted by atomic mass is 79.9. The monoisotopic (exact) mass is 346 g/mol. The first kappa shape index (κ1) is 15.4. The van der Waals surface area contributed by atoms with Crippen LogP contribution in [0.25, 0.3) is 0 Å². The summed E-state index contributed by atoms with van der Waals surface area (Å²) in [7, 11) is 1.75. The molecular weight excluding hydrogens is 324 g/mol. The van der Waals surface area contributed by atoms with Gasteiger partial charge < -0.3 is 10.1 Å². The minimum atomic E-state index is 0.673. The van der Waals surface area contributed by atoms with Gasteiger partial charge in [-0.25, -0.2) is 0 Å². The Morgan fingerprint density at radius 1 is 1.47 bits per heavy atom. The Kier molecular flexibility index (Phi) is 6.81. The third kappa shape index (κ3) is 5.16. The molecule has 19 heavy (non-hydrogen) atoms. The van der Waals surface area contributed by atoms with E-state index in [1.807, 2.05) is 11.3 Å². The SMILES string of the molecule is COCCNCC1CCCCN1Cc1ccc(Br)s1. The van der Waals surface area contributed by atoms with E-state index in [0.29, 0.717) is 6.04 Å². The van der Waals surface area contributed by atoms with Gasteiger partial charge in [0.1, 0.15) is 0 Å². The molecule has 1 aromatic heterocycles. The third-order valence-corrected chi connectivity index (χ3v) is 5.21. The average Bonchev–Trinajstić information content (AvgIpc) is 2.82. The molecule has 0 bridgehead atoms. The van der Waals surface area contributed by atoms with Crippen molar-refractivity contribution in [1.82, 2.24) is 10.2 Å². The first-order chi connectivity index (χ1) is 9.29. The van der Waals surface area contributed by atoms with Gasteiger partial charge in [0.15, 0.2) is 0 Å². The van der Waals surface area contributed by atoms with Crippen molar-refractivity contribution in [2.45, 2.75) is 31.8 Å². The molecule has 1 fully saturated rings. The number of ether oxygens (including phenoxy) is 1. The Hall–Kier alpha value is 0.0600. The number of hydrogen-bond acceptors (Lipinski definition) is 4. The molecule has 108 valence electrons. The smallest absolute Gasteiger partial charge is 0.0701 e. The van der Waals surface area contributed by atoms with E-state index in [4.69, 9.17) is 4.74 Å². The topological polar surface area (TPSA) is 24.5 Å². The average molecular weight is 347 g/mol. The fourth-order valence-corrected chi connectivity index (χ4v) is 4.09. The van der Waals surface area contributed by atoms with Crippen LogP contribution < -0.4 is 5.32 Å². The summed E-state index contributed by atoms with van der Waals surface area (Å²) < 4.78 is 6.31. The fraction of sp³-hybridized carbons (Fsp3) is 0.714. The number of hydrogen-bond donors (Lipinski definition) is 1. The normalized spacial score (nSPS) is 20.8. The van der Waals surface area contributed by atoms with Crippen molar-refractivity contribution in [2.75, 3.05) is 33.4 Å². The van der Waals surface area contributed by atoms with E-state index < -0.39 is 0 Å². The minimum absolute atomic E-state index is 0.673. The van der Waals surface area contributed by atoms with Gasteiger partial charge >= 0.3 is 0 Å². The zero-order valence-corrected chi connectivity index (χ0v) is 13.9. The van der Waals surface area contributed by atoms with E-state index >= 15 is 0 Å². The lowest BCUT2D eigenvalue weighted by atomic mass is 10.0. The van der Waals surface area contributed by atoms with Crippen LogP contribution in [0.4, 0.5) is 0 Å². The van der Waals surface area contributed by atoms with Gasteiger partial charge in [0.05, 0.1) is 10.4 Å². The van der Waals surface area contributed by atoms with Gasteiger partial charge in [-0.15, -0.1) is 11.3 Å². The first-order valence-electron chi connectivity index (χ1n) is 6.97. The first-order valence-corrected chi connectivity index (χ1v) is 8.58. The number of halogens is 1. The van der Waals surface area contributed by atoms with Crippen LogP contribution in [0.3, 0.4) is 0 Å². The van der Waals surface area contributed by atoms with Gasteiger partial charge in [0, 0.05) is 37.7 Å². The predicted molar refractivity (Wildman–Crippen MR) is 84.8 cm³/mol. The van der Waals surface area contributed by atoms with Crippen molar-refractivity contribution >= 4 is 27.3 Å². The largest absolute Gasteiger partial charge is 0.383 e. The molecule has 2 heterocycles. The Labute approximate surface area is 128 Å². The molecule has 1 aliphatic heterocycles. The number of piperidine rings is 1. The lowest BCUT2D eigenvalue weighted by Gasteiger charge is -2.35. The van der Waals surface area contributed by atoms with E-state index in [9.17, 15) is 0 Å². The zero-order chi connectivity index (χ0) is 13.5. The van der Waals surface area contributed by atoms with Crippen molar-refractivity contribution < 1.29 is 4.74 Å². The molecule has 0 saturated carbocycles. The van der Waals surface area contributed by atoms with Crippen LogP contribution >= 0.6 is 27.3 Å². The summed E-state index contributed by atoms with van der Waals surface area (Å²) in [4.78, 5) is 4.08. The summed E-state index contributed by atoms with van der Waals surface area (Å²) in [6, 6.07) is 5.06. The number of thiophene rings is 1. The molecule has 1 unspecified atom stereocenters. The van der Waals surface area contributed by atoms with Crippen LogP contribution in [-0.2, 0) is 11.3 Å². The Morgan fingerprint density at radius 3 is 3.11 bits per heavy atom.